The zero-order valence-corrected chi connectivity index (χ0v) is 17.2. The van der Waals surface area contributed by atoms with Crippen molar-refractivity contribution in [2.45, 2.75) is 20.3 Å². The van der Waals surface area contributed by atoms with Crippen LogP contribution in [0.3, 0.4) is 0 Å². The summed E-state index contributed by atoms with van der Waals surface area (Å²) in [7, 11) is 3.67. The second kappa shape index (κ2) is 8.30. The molecular formula is C21H26N6O2. The number of ketones is 1. The monoisotopic (exact) mass is 394 g/mol. The first-order valence-electron chi connectivity index (χ1n) is 9.43. The number of nitrogens with one attached hydrogen (secondary N) is 1. The van der Waals surface area contributed by atoms with Gasteiger partial charge in [0.15, 0.2) is 5.78 Å². The molecule has 0 saturated heterocycles. The van der Waals surface area contributed by atoms with E-state index in [9.17, 15) is 9.59 Å². The Bertz CT molecular complexity index is 1020. The lowest BCUT2D eigenvalue weighted by atomic mass is 10.0. The largest absolute Gasteiger partial charge is 0.391 e. The van der Waals surface area contributed by atoms with Crippen molar-refractivity contribution < 1.29 is 9.59 Å². The second-order valence-electron chi connectivity index (χ2n) is 7.12. The Labute approximate surface area is 170 Å². The molecule has 0 aliphatic carbocycles. The average Bonchev–Trinajstić information content (AvgIpc) is 3.13. The van der Waals surface area contributed by atoms with Crippen LogP contribution in [0.2, 0.25) is 0 Å². The normalized spacial score (nSPS) is 14.9. The fraction of sp³-hybridized carbons (Fsp3) is 0.333. The summed E-state index contributed by atoms with van der Waals surface area (Å²) in [6, 6.07) is 5.42. The zero-order chi connectivity index (χ0) is 21.1. The van der Waals surface area contributed by atoms with E-state index in [-0.39, 0.29) is 11.7 Å². The number of amides is 1. The Morgan fingerprint density at radius 2 is 1.97 bits per heavy atom. The minimum atomic E-state index is -0.0543. The fourth-order valence-corrected chi connectivity index (χ4v) is 3.37. The molecule has 0 bridgehead atoms. The van der Waals surface area contributed by atoms with E-state index in [0.29, 0.717) is 36.6 Å². The van der Waals surface area contributed by atoms with Crippen molar-refractivity contribution in [3.8, 4) is 11.1 Å². The van der Waals surface area contributed by atoms with Crippen molar-refractivity contribution in [1.82, 2.24) is 20.0 Å². The molecule has 3 N–H and O–H groups in total. The number of aliphatic imine (C=N–C) groups is 1. The summed E-state index contributed by atoms with van der Waals surface area (Å²) in [6.07, 6.45) is 4.31. The van der Waals surface area contributed by atoms with E-state index < -0.39 is 0 Å². The lowest BCUT2D eigenvalue weighted by Gasteiger charge is -2.29. The summed E-state index contributed by atoms with van der Waals surface area (Å²) >= 11 is 0. The summed E-state index contributed by atoms with van der Waals surface area (Å²) in [5.74, 6) is 0.280. The third-order valence-electron chi connectivity index (χ3n) is 5.01. The van der Waals surface area contributed by atoms with Crippen molar-refractivity contribution >= 4 is 23.2 Å². The van der Waals surface area contributed by atoms with E-state index in [4.69, 9.17) is 5.73 Å². The van der Waals surface area contributed by atoms with Gasteiger partial charge in [0.25, 0.3) is 0 Å². The zero-order valence-electron chi connectivity index (χ0n) is 17.2. The van der Waals surface area contributed by atoms with Crippen LogP contribution in [0, 0.1) is 0 Å². The first-order chi connectivity index (χ1) is 13.8. The molecule has 1 aliphatic heterocycles. The highest BCUT2D eigenvalue weighted by molar-refractivity contribution is 6.01. The Kier molecular flexibility index (Phi) is 5.81. The maximum absolute atomic E-state index is 12.0. The molecule has 29 heavy (non-hydrogen) atoms. The predicted octanol–water partition coefficient (Wildman–Crippen LogP) is 2.00. The van der Waals surface area contributed by atoms with Crippen molar-refractivity contribution in [2.24, 2.45) is 17.8 Å². The van der Waals surface area contributed by atoms with Crippen LogP contribution in [0.4, 0.5) is 5.69 Å². The fourth-order valence-electron chi connectivity index (χ4n) is 3.37. The molecule has 0 atom stereocenters. The van der Waals surface area contributed by atoms with Crippen LogP contribution in [0.25, 0.3) is 11.1 Å². The van der Waals surface area contributed by atoms with Gasteiger partial charge in [0, 0.05) is 62.6 Å². The molecule has 0 fully saturated rings. The molecule has 1 aromatic carbocycles. The number of rotatable bonds is 5. The van der Waals surface area contributed by atoms with Gasteiger partial charge in [-0.1, -0.05) is 0 Å². The molecule has 1 aromatic heterocycles. The number of carbonyl (C=O) groups is 2. The van der Waals surface area contributed by atoms with E-state index in [2.05, 4.69) is 15.4 Å². The number of Topliss-reactive ketones (excluding diaryl/α,β-unsaturated/α-hetero) is 1. The Morgan fingerprint density at radius 3 is 2.55 bits per heavy atom. The maximum atomic E-state index is 12.0. The van der Waals surface area contributed by atoms with Gasteiger partial charge in [-0.05, 0) is 30.7 Å². The van der Waals surface area contributed by atoms with Gasteiger partial charge in [0.1, 0.15) is 5.84 Å². The van der Waals surface area contributed by atoms with Gasteiger partial charge in [-0.3, -0.25) is 14.3 Å². The molecule has 1 amide bonds. The van der Waals surface area contributed by atoms with Gasteiger partial charge < -0.3 is 16.0 Å². The first kappa shape index (κ1) is 20.3. The number of amidine groups is 1. The lowest BCUT2D eigenvalue weighted by molar-refractivity contribution is -0.128. The molecule has 2 aromatic rings. The molecular weight excluding hydrogens is 368 g/mol. The van der Waals surface area contributed by atoms with Crippen LogP contribution in [-0.2, 0) is 11.8 Å². The summed E-state index contributed by atoms with van der Waals surface area (Å²) in [4.78, 5) is 30.2. The molecule has 152 valence electrons. The van der Waals surface area contributed by atoms with Crippen LogP contribution in [0.5, 0.6) is 0 Å². The smallest absolute Gasteiger partial charge is 0.219 e. The van der Waals surface area contributed by atoms with Crippen LogP contribution in [-0.4, -0.2) is 52.3 Å². The van der Waals surface area contributed by atoms with Gasteiger partial charge in [0.05, 0.1) is 18.4 Å². The highest BCUT2D eigenvalue weighted by Gasteiger charge is 2.22. The van der Waals surface area contributed by atoms with E-state index in [1.165, 1.54) is 6.92 Å². The predicted molar refractivity (Wildman–Crippen MR) is 113 cm³/mol. The SMILES string of the molecule is CNC1=C(C(N)=Nc2cc(C(C)=O)cc(-c3cnn(C)c3)c2)CN(C(C)=O)CC1. The Balaban J connectivity index is 2.03. The highest BCUT2D eigenvalue weighted by atomic mass is 16.2. The number of nitrogens with two attached hydrogens (primary N) is 1. The molecule has 0 radical (unpaired) electrons. The third-order valence-corrected chi connectivity index (χ3v) is 5.01. The molecule has 0 unspecified atom stereocenters. The van der Waals surface area contributed by atoms with Crippen LogP contribution in [0.15, 0.2) is 46.9 Å². The number of hydrogen-bond donors (Lipinski definition) is 2. The third kappa shape index (κ3) is 4.53. The Hall–Kier alpha value is -3.42. The van der Waals surface area contributed by atoms with Crippen molar-refractivity contribution in [2.75, 3.05) is 20.1 Å². The number of aryl methyl sites for hydroxylation is 1. The lowest BCUT2D eigenvalue weighted by Crippen LogP contribution is -2.40. The second-order valence-corrected chi connectivity index (χ2v) is 7.12. The first-order valence-corrected chi connectivity index (χ1v) is 9.43. The van der Waals surface area contributed by atoms with Gasteiger partial charge in [-0.2, -0.15) is 5.10 Å². The van der Waals surface area contributed by atoms with Crippen molar-refractivity contribution in [3.05, 3.63) is 47.4 Å². The van der Waals surface area contributed by atoms with Gasteiger partial charge in [-0.25, -0.2) is 4.99 Å². The van der Waals surface area contributed by atoms with Gasteiger partial charge in [-0.15, -0.1) is 0 Å². The van der Waals surface area contributed by atoms with Crippen LogP contribution >= 0.6 is 0 Å². The summed E-state index contributed by atoms with van der Waals surface area (Å²) in [6.45, 7) is 4.12. The molecule has 0 spiro atoms. The van der Waals surface area contributed by atoms with E-state index in [1.54, 1.807) is 28.8 Å². The van der Waals surface area contributed by atoms with E-state index in [0.717, 1.165) is 22.4 Å². The van der Waals surface area contributed by atoms with Crippen LogP contribution < -0.4 is 11.1 Å². The van der Waals surface area contributed by atoms with Crippen LogP contribution in [0.1, 0.15) is 30.6 Å². The standard InChI is InChI=1S/C21H26N6O2/c1-13(28)15-7-16(17-10-24-26(4)11-17)9-18(8-15)25-21(22)19-12-27(14(2)29)6-5-20(19)23-3/h7-11,23H,5-6,12H2,1-4H3,(H2,22,25). The minimum absolute atomic E-state index is 0.00268. The van der Waals surface area contributed by atoms with E-state index >= 15 is 0 Å². The molecule has 3 rings (SSSR count). The molecule has 1 aliphatic rings. The molecule has 0 saturated carbocycles. The van der Waals surface area contributed by atoms with Gasteiger partial charge >= 0.3 is 0 Å². The van der Waals surface area contributed by atoms with Crippen molar-refractivity contribution in [1.29, 1.82) is 0 Å². The molecule has 8 heteroatoms. The molecule has 2 heterocycles. The number of hydrogen-bond acceptors (Lipinski definition) is 5. The Morgan fingerprint density at radius 1 is 1.21 bits per heavy atom. The highest BCUT2D eigenvalue weighted by Crippen LogP contribution is 2.27. The summed E-state index contributed by atoms with van der Waals surface area (Å²) in [5, 5.41) is 7.36. The average molecular weight is 394 g/mol. The molecule has 8 nitrogen and oxygen atoms in total. The number of nitrogens with zero attached hydrogens (tertiary/aromatic N) is 4. The number of benzene rings is 1. The summed E-state index contributed by atoms with van der Waals surface area (Å²) < 4.78 is 1.70. The quantitative estimate of drug-likeness (QED) is 0.458. The van der Waals surface area contributed by atoms with Gasteiger partial charge in [0.2, 0.25) is 5.91 Å². The summed E-state index contributed by atoms with van der Waals surface area (Å²) in [5.41, 5.74) is 11.0. The number of aromatic nitrogens is 2. The number of carbonyl (C=O) groups excluding carboxylic acids is 2. The maximum Gasteiger partial charge on any atom is 0.219 e. The van der Waals surface area contributed by atoms with Crippen molar-refractivity contribution in [3.63, 3.8) is 0 Å². The topological polar surface area (TPSA) is 106 Å². The minimum Gasteiger partial charge on any atom is -0.391 e. The van der Waals surface area contributed by atoms with E-state index in [1.807, 2.05) is 32.4 Å².